The van der Waals surface area contributed by atoms with Gasteiger partial charge in [-0.3, -0.25) is 0 Å². The summed E-state index contributed by atoms with van der Waals surface area (Å²) in [5.74, 6) is 1.24. The topological polar surface area (TPSA) is 148 Å². The number of aliphatic hydroxyl groups excluding tert-OH is 2. The van der Waals surface area contributed by atoms with Gasteiger partial charge in [0.1, 0.15) is 47.7 Å². The largest absolute Gasteiger partial charge is 0.573 e. The van der Waals surface area contributed by atoms with Crippen molar-refractivity contribution < 1.29 is 32.9 Å². The number of halogens is 3. The maximum Gasteiger partial charge on any atom is 0.573 e. The Morgan fingerprint density at radius 1 is 1.20 bits per heavy atom. The lowest BCUT2D eigenvalue weighted by Gasteiger charge is -2.42. The van der Waals surface area contributed by atoms with Crippen molar-refractivity contribution in [2.75, 3.05) is 19.3 Å². The van der Waals surface area contributed by atoms with E-state index in [2.05, 4.69) is 29.6 Å². The first-order valence-corrected chi connectivity index (χ1v) is 13.1. The molecule has 4 heterocycles. The lowest BCUT2D eigenvalue weighted by molar-refractivity contribution is -0.274. The fraction of sp³-hybridized carbons (Fsp3) is 0.500. The second kappa shape index (κ2) is 10.2. The molecule has 4 aromatic rings. The highest BCUT2D eigenvalue weighted by Crippen LogP contribution is 2.37. The Morgan fingerprint density at radius 3 is 2.77 bits per heavy atom. The summed E-state index contributed by atoms with van der Waals surface area (Å²) in [5, 5.41) is 22.1. The monoisotopic (exact) mass is 561 g/mol. The molecule has 4 atom stereocenters. The third-order valence-electron chi connectivity index (χ3n) is 7.98. The predicted octanol–water partition coefficient (Wildman–Crippen LogP) is 2.75. The zero-order chi connectivity index (χ0) is 28.2. The molecule has 2 fully saturated rings. The van der Waals surface area contributed by atoms with Crippen LogP contribution in [0.1, 0.15) is 31.3 Å². The highest BCUT2D eigenvalue weighted by Gasteiger charge is 2.45. The number of H-pyrrole nitrogens is 1. The second-order valence-electron chi connectivity index (χ2n) is 10.6. The van der Waals surface area contributed by atoms with Crippen molar-refractivity contribution in [2.45, 2.75) is 62.6 Å². The first-order chi connectivity index (χ1) is 19.1. The molecule has 0 spiro atoms. The van der Waals surface area contributed by atoms with Gasteiger partial charge < -0.3 is 39.9 Å². The van der Waals surface area contributed by atoms with Crippen LogP contribution >= 0.6 is 0 Å². The van der Waals surface area contributed by atoms with Crippen molar-refractivity contribution in [3.05, 3.63) is 42.6 Å². The summed E-state index contributed by atoms with van der Waals surface area (Å²) in [7, 11) is 1.98. The number of aromatic nitrogens is 5. The van der Waals surface area contributed by atoms with E-state index in [9.17, 15) is 23.4 Å². The quantitative estimate of drug-likeness (QED) is 0.255. The van der Waals surface area contributed by atoms with Crippen LogP contribution in [0.2, 0.25) is 0 Å². The molecule has 11 nitrogen and oxygen atoms in total. The minimum atomic E-state index is -4.74. The van der Waals surface area contributed by atoms with E-state index in [-0.39, 0.29) is 5.75 Å². The zero-order valence-electron chi connectivity index (χ0n) is 21.6. The fourth-order valence-corrected chi connectivity index (χ4v) is 5.73. The third-order valence-corrected chi connectivity index (χ3v) is 7.98. The first kappa shape index (κ1) is 26.7. The van der Waals surface area contributed by atoms with Crippen molar-refractivity contribution >= 4 is 27.9 Å². The van der Waals surface area contributed by atoms with Crippen molar-refractivity contribution in [3.63, 3.8) is 0 Å². The number of rotatable bonds is 8. The SMILES string of the molecule is CN(C[C@H]1O[C@@H](n2ccc3c(N)ncnc32)[C@@H](O)[C@H]1O)[C@H]1C[C@H](CCc2nc3cc(OC(F)(F)F)ccc3[nH]2)C1. The number of hydrogen-bond donors (Lipinski definition) is 4. The number of aryl methyl sites for hydroxylation is 1. The highest BCUT2D eigenvalue weighted by molar-refractivity contribution is 5.86. The molecule has 2 aliphatic rings. The molecule has 14 heteroatoms. The second-order valence-corrected chi connectivity index (χ2v) is 10.6. The standard InChI is InChI=1S/C26H30F3N7O4/c1-35(11-19-21(37)22(38)25(39-19)36-7-6-16-23(30)31-12-32-24(16)36)14-8-13(9-14)2-5-20-33-17-4-3-15(10-18(17)34-20)40-26(27,28)29/h3-4,6-7,10,12-14,19,21-22,25,37-38H,2,5,8-9,11H2,1H3,(H,33,34)(H2,30,31,32)/t13-,14-,19-,21+,22+,25-/m1/s1. The van der Waals surface area contributed by atoms with Crippen LogP contribution in [0.3, 0.4) is 0 Å². The Balaban J connectivity index is 0.999. The van der Waals surface area contributed by atoms with Gasteiger partial charge in [-0.25, -0.2) is 15.0 Å². The van der Waals surface area contributed by atoms with E-state index in [1.54, 1.807) is 16.8 Å². The van der Waals surface area contributed by atoms with E-state index in [1.165, 1.54) is 24.5 Å². The summed E-state index contributed by atoms with van der Waals surface area (Å²) < 4.78 is 49.2. The Morgan fingerprint density at radius 2 is 2.00 bits per heavy atom. The van der Waals surface area contributed by atoms with Crippen LogP contribution in [0.25, 0.3) is 22.1 Å². The zero-order valence-corrected chi connectivity index (χ0v) is 21.6. The minimum Gasteiger partial charge on any atom is -0.406 e. The molecule has 1 aliphatic carbocycles. The van der Waals surface area contributed by atoms with E-state index in [1.807, 2.05) is 7.05 Å². The molecular weight excluding hydrogens is 531 g/mol. The third kappa shape index (κ3) is 5.19. The van der Waals surface area contributed by atoms with Crippen LogP contribution in [0.4, 0.5) is 19.0 Å². The summed E-state index contributed by atoms with van der Waals surface area (Å²) in [5.41, 5.74) is 7.54. The lowest BCUT2D eigenvalue weighted by atomic mass is 9.76. The number of aromatic amines is 1. The predicted molar refractivity (Wildman–Crippen MR) is 138 cm³/mol. The van der Waals surface area contributed by atoms with Gasteiger partial charge in [0.25, 0.3) is 0 Å². The number of aliphatic hydroxyl groups is 2. The maximum absolute atomic E-state index is 12.5. The van der Waals surface area contributed by atoms with Crippen molar-refractivity contribution in [3.8, 4) is 5.75 Å². The summed E-state index contributed by atoms with van der Waals surface area (Å²) in [6.07, 6.45) is -1.73. The van der Waals surface area contributed by atoms with E-state index >= 15 is 0 Å². The van der Waals surface area contributed by atoms with Gasteiger partial charge in [-0.15, -0.1) is 13.2 Å². The number of fused-ring (bicyclic) bond motifs is 2. The normalized spacial score (nSPS) is 27.1. The molecule has 0 unspecified atom stereocenters. The highest BCUT2D eigenvalue weighted by atomic mass is 19.4. The first-order valence-electron chi connectivity index (χ1n) is 13.1. The Labute approximate surface area is 226 Å². The molecule has 6 rings (SSSR count). The van der Waals surface area contributed by atoms with Gasteiger partial charge in [-0.1, -0.05) is 0 Å². The number of hydrogen-bond acceptors (Lipinski definition) is 9. The molecule has 1 aromatic carbocycles. The van der Waals surface area contributed by atoms with Gasteiger partial charge in [0.05, 0.1) is 16.4 Å². The van der Waals surface area contributed by atoms with Gasteiger partial charge >= 0.3 is 6.36 Å². The molecule has 3 aromatic heterocycles. The van der Waals surface area contributed by atoms with Crippen LogP contribution in [0.15, 0.2) is 36.8 Å². The summed E-state index contributed by atoms with van der Waals surface area (Å²) in [6, 6.07) is 6.15. The van der Waals surface area contributed by atoms with Crippen molar-refractivity contribution in [2.24, 2.45) is 5.92 Å². The van der Waals surface area contributed by atoms with Gasteiger partial charge in [-0.05, 0) is 50.4 Å². The maximum atomic E-state index is 12.5. The lowest BCUT2D eigenvalue weighted by Crippen LogP contribution is -2.47. The van der Waals surface area contributed by atoms with Gasteiger partial charge in [0.2, 0.25) is 0 Å². The number of nitrogen functional groups attached to an aromatic ring is 1. The van der Waals surface area contributed by atoms with Crippen LogP contribution < -0.4 is 10.5 Å². The van der Waals surface area contributed by atoms with Crippen molar-refractivity contribution in [1.82, 2.24) is 29.4 Å². The van der Waals surface area contributed by atoms with Crippen molar-refractivity contribution in [1.29, 1.82) is 0 Å². The van der Waals surface area contributed by atoms with Crippen LogP contribution in [-0.2, 0) is 11.2 Å². The molecule has 214 valence electrons. The molecule has 0 bridgehead atoms. The van der Waals surface area contributed by atoms with Gasteiger partial charge in [0, 0.05) is 31.3 Å². The fourth-order valence-electron chi connectivity index (χ4n) is 5.73. The summed E-state index contributed by atoms with van der Waals surface area (Å²) in [4.78, 5) is 18.0. The Bertz CT molecular complexity index is 1500. The molecule has 0 amide bonds. The molecule has 1 aliphatic heterocycles. The molecule has 5 N–H and O–H groups in total. The number of benzene rings is 1. The number of nitrogens with one attached hydrogen (secondary N) is 1. The van der Waals surface area contributed by atoms with E-state index in [0.717, 1.165) is 25.1 Å². The number of alkyl halides is 3. The number of likely N-dealkylation sites (N-methyl/N-ethyl adjacent to an activating group) is 1. The average molecular weight is 562 g/mol. The minimum absolute atomic E-state index is 0.293. The van der Waals surface area contributed by atoms with Gasteiger partial charge in [0.15, 0.2) is 6.23 Å². The summed E-state index contributed by atoms with van der Waals surface area (Å²) >= 11 is 0. The number of nitrogens with zero attached hydrogens (tertiary/aromatic N) is 5. The number of anilines is 1. The van der Waals surface area contributed by atoms with Crippen LogP contribution in [-0.4, -0.2) is 83.9 Å². The van der Waals surface area contributed by atoms with E-state index in [0.29, 0.717) is 52.8 Å². The summed E-state index contributed by atoms with van der Waals surface area (Å²) in [6.45, 7) is 0.453. The Kier molecular flexibility index (Phi) is 6.81. The number of ether oxygens (including phenoxy) is 2. The molecular formula is C26H30F3N7O4. The molecule has 1 saturated heterocycles. The van der Waals surface area contributed by atoms with Crippen LogP contribution in [0.5, 0.6) is 5.75 Å². The molecule has 40 heavy (non-hydrogen) atoms. The number of imidazole rings is 1. The molecule has 1 saturated carbocycles. The van der Waals surface area contributed by atoms with E-state index < -0.39 is 30.9 Å². The van der Waals surface area contributed by atoms with E-state index in [4.69, 9.17) is 10.5 Å². The average Bonchev–Trinajstić information content (AvgIpc) is 3.54. The molecule has 0 radical (unpaired) electrons. The Hall–Kier alpha value is -3.46. The van der Waals surface area contributed by atoms with Gasteiger partial charge in [-0.2, -0.15) is 0 Å². The smallest absolute Gasteiger partial charge is 0.406 e. The number of nitrogens with two attached hydrogens (primary N) is 1. The van der Waals surface area contributed by atoms with Crippen LogP contribution in [0, 0.1) is 5.92 Å².